The van der Waals surface area contributed by atoms with Gasteiger partial charge in [-0.3, -0.25) is 5.32 Å². The van der Waals surface area contributed by atoms with Crippen molar-refractivity contribution in [3.63, 3.8) is 0 Å². The maximum Gasteiger partial charge on any atom is 0.412 e. The summed E-state index contributed by atoms with van der Waals surface area (Å²) in [5.41, 5.74) is 3.09. The molecule has 1 amide bonds. The van der Waals surface area contributed by atoms with Gasteiger partial charge in [-0.05, 0) is 36.1 Å². The van der Waals surface area contributed by atoms with Gasteiger partial charge in [0, 0.05) is 0 Å². The number of hydrogen-bond acceptors (Lipinski definition) is 4. The van der Waals surface area contributed by atoms with Crippen LogP contribution in [0.2, 0.25) is 0 Å². The van der Waals surface area contributed by atoms with Crippen LogP contribution in [0.3, 0.4) is 0 Å². The number of ether oxygens (including phenoxy) is 2. The molecule has 0 unspecified atom stereocenters. The van der Waals surface area contributed by atoms with Gasteiger partial charge in [-0.25, -0.2) is 9.59 Å². The number of carbonyl (C=O) groups excluding carboxylic acids is 2. The van der Waals surface area contributed by atoms with Crippen LogP contribution in [0.1, 0.15) is 16.7 Å². The number of alkyl carbamates (subject to hydrolysis) is 1. The van der Waals surface area contributed by atoms with E-state index in [9.17, 15) is 9.59 Å². The van der Waals surface area contributed by atoms with Gasteiger partial charge in [0.15, 0.2) is 0 Å². The average Bonchev–Trinajstić information content (AvgIpc) is 2.64. The standard InChI is InChI=1S/C20H21NO4/c1-15-8-6-7-11-17(15)12-13-18(19(22)24-2)21-20(23)25-14-16-9-4-3-5-10-16/h3-11,13H,12,14H2,1-2H3,(H,21,23)/b18-13+. The number of hydrogen-bond donors (Lipinski definition) is 1. The first-order chi connectivity index (χ1) is 12.1. The van der Waals surface area contributed by atoms with E-state index in [2.05, 4.69) is 5.32 Å². The zero-order valence-electron chi connectivity index (χ0n) is 14.3. The Morgan fingerprint density at radius 3 is 2.40 bits per heavy atom. The van der Waals surface area contributed by atoms with Gasteiger partial charge < -0.3 is 9.47 Å². The van der Waals surface area contributed by atoms with E-state index in [-0.39, 0.29) is 12.3 Å². The maximum atomic E-state index is 11.9. The number of benzene rings is 2. The highest BCUT2D eigenvalue weighted by Gasteiger charge is 2.14. The summed E-state index contributed by atoms with van der Waals surface area (Å²) in [5.74, 6) is -0.620. The molecule has 2 aromatic carbocycles. The molecule has 0 saturated carbocycles. The SMILES string of the molecule is COC(=O)/C(=C\Cc1ccccc1C)NC(=O)OCc1ccccc1. The van der Waals surface area contributed by atoms with Gasteiger partial charge in [-0.15, -0.1) is 0 Å². The monoisotopic (exact) mass is 339 g/mol. The Morgan fingerprint density at radius 2 is 1.72 bits per heavy atom. The number of aryl methyl sites for hydroxylation is 1. The number of esters is 1. The van der Waals surface area contributed by atoms with Crippen LogP contribution < -0.4 is 5.32 Å². The number of amides is 1. The third-order valence-electron chi connectivity index (χ3n) is 3.64. The van der Waals surface area contributed by atoms with E-state index < -0.39 is 12.1 Å². The summed E-state index contributed by atoms with van der Waals surface area (Å²) in [6.45, 7) is 2.11. The van der Waals surface area contributed by atoms with Crippen LogP contribution in [-0.4, -0.2) is 19.2 Å². The Hall–Kier alpha value is -3.08. The molecule has 5 heteroatoms. The van der Waals surface area contributed by atoms with Gasteiger partial charge >= 0.3 is 12.1 Å². The minimum Gasteiger partial charge on any atom is -0.464 e. The molecule has 0 saturated heterocycles. The van der Waals surface area contributed by atoms with Gasteiger partial charge in [-0.2, -0.15) is 0 Å². The van der Waals surface area contributed by atoms with E-state index >= 15 is 0 Å². The Bertz CT molecular complexity index is 753. The van der Waals surface area contributed by atoms with Crippen molar-refractivity contribution in [1.29, 1.82) is 0 Å². The highest BCUT2D eigenvalue weighted by atomic mass is 16.6. The van der Waals surface area contributed by atoms with Gasteiger partial charge in [-0.1, -0.05) is 54.6 Å². The van der Waals surface area contributed by atoms with Crippen LogP contribution in [0.5, 0.6) is 0 Å². The van der Waals surface area contributed by atoms with Crippen molar-refractivity contribution in [2.45, 2.75) is 20.0 Å². The lowest BCUT2D eigenvalue weighted by Gasteiger charge is -2.10. The summed E-state index contributed by atoms with van der Waals surface area (Å²) in [6.07, 6.45) is 1.42. The van der Waals surface area contributed by atoms with Crippen LogP contribution in [-0.2, 0) is 27.3 Å². The summed E-state index contributed by atoms with van der Waals surface area (Å²) in [5, 5.41) is 2.45. The Morgan fingerprint density at radius 1 is 1.04 bits per heavy atom. The molecule has 0 aromatic heterocycles. The molecule has 0 spiro atoms. The van der Waals surface area contributed by atoms with Crippen molar-refractivity contribution in [3.05, 3.63) is 83.1 Å². The van der Waals surface area contributed by atoms with Crippen molar-refractivity contribution >= 4 is 12.1 Å². The van der Waals surface area contributed by atoms with Crippen molar-refractivity contribution < 1.29 is 19.1 Å². The number of nitrogens with one attached hydrogen (secondary N) is 1. The number of methoxy groups -OCH3 is 1. The molecule has 0 heterocycles. The van der Waals surface area contributed by atoms with Crippen LogP contribution in [0.15, 0.2) is 66.4 Å². The van der Waals surface area contributed by atoms with E-state index in [0.29, 0.717) is 6.42 Å². The van der Waals surface area contributed by atoms with Crippen molar-refractivity contribution in [1.82, 2.24) is 5.32 Å². The zero-order valence-corrected chi connectivity index (χ0v) is 14.3. The third-order valence-corrected chi connectivity index (χ3v) is 3.64. The molecule has 0 atom stereocenters. The summed E-state index contributed by atoms with van der Waals surface area (Å²) in [6, 6.07) is 17.1. The van der Waals surface area contributed by atoms with E-state index in [4.69, 9.17) is 9.47 Å². The Kier molecular flexibility index (Phi) is 6.77. The zero-order chi connectivity index (χ0) is 18.1. The summed E-state index contributed by atoms with van der Waals surface area (Å²) in [4.78, 5) is 23.8. The summed E-state index contributed by atoms with van der Waals surface area (Å²) >= 11 is 0. The quantitative estimate of drug-likeness (QED) is 0.646. The molecule has 0 bridgehead atoms. The first-order valence-electron chi connectivity index (χ1n) is 7.91. The van der Waals surface area contributed by atoms with Crippen molar-refractivity contribution in [3.8, 4) is 0 Å². The second-order valence-electron chi connectivity index (χ2n) is 5.43. The fourth-order valence-electron chi connectivity index (χ4n) is 2.22. The molecule has 1 N–H and O–H groups in total. The molecule has 0 aliphatic carbocycles. The molecule has 5 nitrogen and oxygen atoms in total. The van der Waals surface area contributed by atoms with Gasteiger partial charge in [0.25, 0.3) is 0 Å². The lowest BCUT2D eigenvalue weighted by Crippen LogP contribution is -2.28. The molecule has 25 heavy (non-hydrogen) atoms. The van der Waals surface area contributed by atoms with E-state index in [1.165, 1.54) is 7.11 Å². The largest absolute Gasteiger partial charge is 0.464 e. The molecule has 0 radical (unpaired) electrons. The first kappa shape index (κ1) is 18.3. The molecular weight excluding hydrogens is 318 g/mol. The molecule has 2 rings (SSSR count). The molecule has 0 aliphatic heterocycles. The van der Waals surface area contributed by atoms with E-state index in [1.54, 1.807) is 6.08 Å². The van der Waals surface area contributed by atoms with Gasteiger partial charge in [0.2, 0.25) is 0 Å². The fraction of sp³-hybridized carbons (Fsp3) is 0.200. The topological polar surface area (TPSA) is 64.6 Å². The molecule has 2 aromatic rings. The Balaban J connectivity index is 1.99. The first-order valence-corrected chi connectivity index (χ1v) is 7.91. The number of rotatable bonds is 6. The lowest BCUT2D eigenvalue weighted by atomic mass is 10.1. The second-order valence-corrected chi connectivity index (χ2v) is 5.43. The predicted octanol–water partition coefficient (Wildman–Crippen LogP) is 3.52. The molecule has 130 valence electrons. The number of allylic oxidation sites excluding steroid dienone is 1. The van der Waals surface area contributed by atoms with Crippen LogP contribution >= 0.6 is 0 Å². The third kappa shape index (κ3) is 5.80. The van der Waals surface area contributed by atoms with Crippen molar-refractivity contribution in [2.24, 2.45) is 0 Å². The van der Waals surface area contributed by atoms with Gasteiger partial charge in [0.1, 0.15) is 12.3 Å². The molecular formula is C20H21NO4. The fourth-order valence-corrected chi connectivity index (χ4v) is 2.22. The van der Waals surface area contributed by atoms with E-state index in [1.807, 2.05) is 61.5 Å². The predicted molar refractivity (Wildman–Crippen MR) is 94.7 cm³/mol. The molecule has 0 fully saturated rings. The Labute approximate surface area is 147 Å². The minimum atomic E-state index is -0.703. The molecule has 0 aliphatic rings. The summed E-state index contributed by atoms with van der Waals surface area (Å²) < 4.78 is 9.85. The highest BCUT2D eigenvalue weighted by molar-refractivity contribution is 5.92. The number of carbonyl (C=O) groups is 2. The second kappa shape index (κ2) is 9.27. The highest BCUT2D eigenvalue weighted by Crippen LogP contribution is 2.10. The maximum absolute atomic E-state index is 11.9. The minimum absolute atomic E-state index is 0.0591. The van der Waals surface area contributed by atoms with Crippen LogP contribution in [0.25, 0.3) is 0 Å². The van der Waals surface area contributed by atoms with Crippen LogP contribution in [0.4, 0.5) is 4.79 Å². The smallest absolute Gasteiger partial charge is 0.412 e. The van der Waals surface area contributed by atoms with Crippen molar-refractivity contribution in [2.75, 3.05) is 7.11 Å². The lowest BCUT2D eigenvalue weighted by molar-refractivity contribution is -0.136. The average molecular weight is 339 g/mol. The van der Waals surface area contributed by atoms with Crippen LogP contribution in [0, 0.1) is 6.92 Å². The summed E-state index contributed by atoms with van der Waals surface area (Å²) in [7, 11) is 1.26. The van der Waals surface area contributed by atoms with Gasteiger partial charge in [0.05, 0.1) is 7.11 Å². The normalized spacial score (nSPS) is 10.9. The van der Waals surface area contributed by atoms with E-state index in [0.717, 1.165) is 16.7 Å².